The summed E-state index contributed by atoms with van der Waals surface area (Å²) >= 11 is 6.40. The second-order valence-electron chi connectivity index (χ2n) is 8.94. The van der Waals surface area contributed by atoms with Crippen LogP contribution >= 0.6 is 11.6 Å². The number of anilines is 1. The Kier molecular flexibility index (Phi) is 5.74. The van der Waals surface area contributed by atoms with Crippen LogP contribution in [0.4, 0.5) is 5.69 Å². The van der Waals surface area contributed by atoms with Crippen LogP contribution in [0.3, 0.4) is 0 Å². The van der Waals surface area contributed by atoms with Crippen molar-refractivity contribution in [2.45, 2.75) is 44.7 Å². The molecule has 2 aliphatic rings. The van der Waals surface area contributed by atoms with Gasteiger partial charge in [0.1, 0.15) is 0 Å². The number of aromatic nitrogens is 3. The fraction of sp³-hybridized carbons (Fsp3) is 0.400. The van der Waals surface area contributed by atoms with E-state index in [9.17, 15) is 4.79 Å². The molecule has 7 heteroatoms. The summed E-state index contributed by atoms with van der Waals surface area (Å²) in [5.41, 5.74) is 4.40. The number of pyridine rings is 1. The first-order valence-electron chi connectivity index (χ1n) is 11.3. The molecule has 0 unspecified atom stereocenters. The van der Waals surface area contributed by atoms with Crippen LogP contribution < -0.4 is 4.90 Å². The van der Waals surface area contributed by atoms with E-state index in [1.54, 1.807) is 12.4 Å². The minimum atomic E-state index is -0.0328. The number of fused-ring (bicyclic) bond motifs is 2. The molecule has 2 aliphatic heterocycles. The number of carbonyl (C=O) groups is 1. The summed E-state index contributed by atoms with van der Waals surface area (Å²) in [4.78, 5) is 21.9. The van der Waals surface area contributed by atoms with Crippen LogP contribution in [0.15, 0.2) is 55.1 Å². The molecule has 0 aliphatic carbocycles. The summed E-state index contributed by atoms with van der Waals surface area (Å²) in [6.07, 6.45) is 9.99. The lowest BCUT2D eigenvalue weighted by Crippen LogP contribution is -2.46. The maximum atomic E-state index is 13.3. The van der Waals surface area contributed by atoms with Gasteiger partial charge in [0.25, 0.3) is 0 Å². The Bertz CT molecular complexity index is 1100. The Labute approximate surface area is 193 Å². The van der Waals surface area contributed by atoms with E-state index in [1.165, 1.54) is 11.1 Å². The summed E-state index contributed by atoms with van der Waals surface area (Å²) < 4.78 is 1.97. The monoisotopic (exact) mass is 449 g/mol. The summed E-state index contributed by atoms with van der Waals surface area (Å²) in [6.45, 7) is 6.63. The van der Waals surface area contributed by atoms with Crippen molar-refractivity contribution < 1.29 is 4.79 Å². The van der Waals surface area contributed by atoms with Crippen LogP contribution in [0, 0.1) is 0 Å². The number of rotatable bonds is 5. The largest absolute Gasteiger partial charge is 0.311 e. The summed E-state index contributed by atoms with van der Waals surface area (Å²) in [6, 6.07) is 9.82. The number of benzene rings is 1. The van der Waals surface area contributed by atoms with Crippen LogP contribution in [-0.4, -0.2) is 45.2 Å². The zero-order valence-electron chi connectivity index (χ0n) is 18.4. The second-order valence-corrected chi connectivity index (χ2v) is 9.38. The average molecular weight is 450 g/mol. The van der Waals surface area contributed by atoms with Crippen LogP contribution in [-0.2, 0) is 29.7 Å². The molecule has 32 heavy (non-hydrogen) atoms. The van der Waals surface area contributed by atoms with E-state index in [0.29, 0.717) is 6.42 Å². The predicted octanol–water partition coefficient (Wildman–Crippen LogP) is 4.07. The van der Waals surface area contributed by atoms with Gasteiger partial charge >= 0.3 is 0 Å². The number of hydrogen-bond donors (Lipinski definition) is 0. The van der Waals surface area contributed by atoms with Crippen LogP contribution in [0.25, 0.3) is 0 Å². The number of carbonyl (C=O) groups excluding carboxylic acids is 1. The first kappa shape index (κ1) is 21.2. The first-order valence-corrected chi connectivity index (χ1v) is 11.7. The van der Waals surface area contributed by atoms with Gasteiger partial charge in [0.15, 0.2) is 0 Å². The van der Waals surface area contributed by atoms with E-state index in [2.05, 4.69) is 34.2 Å². The van der Waals surface area contributed by atoms with Crippen LogP contribution in [0.1, 0.15) is 36.5 Å². The number of aryl methyl sites for hydroxylation is 1. The fourth-order valence-electron chi connectivity index (χ4n) is 5.12. The number of amides is 1. The molecular formula is C25H28ClN5O. The van der Waals surface area contributed by atoms with Crippen molar-refractivity contribution in [3.63, 3.8) is 0 Å². The molecule has 1 saturated heterocycles. The molecular weight excluding hydrogens is 422 g/mol. The lowest BCUT2D eigenvalue weighted by Gasteiger charge is -2.39. The molecule has 4 heterocycles. The molecule has 1 fully saturated rings. The van der Waals surface area contributed by atoms with Crippen molar-refractivity contribution in [2.24, 2.45) is 0 Å². The number of halogens is 1. The molecule has 166 valence electrons. The number of piperidine rings is 1. The molecule has 1 aromatic carbocycles. The molecule has 6 nitrogen and oxygen atoms in total. The summed E-state index contributed by atoms with van der Waals surface area (Å²) in [7, 11) is 0. The minimum absolute atomic E-state index is 0.0328. The third-order valence-corrected chi connectivity index (χ3v) is 7.13. The van der Waals surface area contributed by atoms with E-state index >= 15 is 0 Å². The molecule has 1 amide bonds. The van der Waals surface area contributed by atoms with Crippen molar-refractivity contribution in [3.8, 4) is 0 Å². The molecule has 0 radical (unpaired) electrons. The third-order valence-electron chi connectivity index (χ3n) is 6.89. The number of hydrogen-bond acceptors (Lipinski definition) is 4. The molecule has 3 aromatic rings. The van der Waals surface area contributed by atoms with E-state index in [-0.39, 0.29) is 11.3 Å². The Balaban J connectivity index is 1.33. The Hall–Kier alpha value is -2.70. The minimum Gasteiger partial charge on any atom is -0.311 e. The highest BCUT2D eigenvalue weighted by Gasteiger charge is 2.46. The highest BCUT2D eigenvalue weighted by molar-refractivity contribution is 6.30. The van der Waals surface area contributed by atoms with E-state index < -0.39 is 0 Å². The van der Waals surface area contributed by atoms with E-state index in [4.69, 9.17) is 11.6 Å². The van der Waals surface area contributed by atoms with Gasteiger partial charge in [-0.3, -0.25) is 19.4 Å². The summed E-state index contributed by atoms with van der Waals surface area (Å²) in [5, 5.41) is 5.14. The van der Waals surface area contributed by atoms with Gasteiger partial charge in [-0.25, -0.2) is 0 Å². The van der Waals surface area contributed by atoms with E-state index in [0.717, 1.165) is 61.8 Å². The van der Waals surface area contributed by atoms with Crippen molar-refractivity contribution in [1.82, 2.24) is 19.7 Å². The molecule has 0 atom stereocenters. The quantitative estimate of drug-likeness (QED) is 0.589. The normalized spacial score (nSPS) is 17.6. The molecule has 5 rings (SSSR count). The lowest BCUT2D eigenvalue weighted by atomic mass is 9.74. The Morgan fingerprint density at radius 3 is 2.72 bits per heavy atom. The molecule has 0 bridgehead atoms. The highest BCUT2D eigenvalue weighted by atomic mass is 35.5. The van der Waals surface area contributed by atoms with Gasteiger partial charge in [0.05, 0.1) is 12.6 Å². The van der Waals surface area contributed by atoms with Gasteiger partial charge < -0.3 is 4.90 Å². The molecule has 0 N–H and O–H groups in total. The fourth-order valence-corrected chi connectivity index (χ4v) is 5.29. The number of nitrogens with zero attached hydrogens (tertiary/aromatic N) is 5. The van der Waals surface area contributed by atoms with Crippen LogP contribution in [0.5, 0.6) is 0 Å². The second kappa shape index (κ2) is 8.68. The molecule has 2 aromatic heterocycles. The Morgan fingerprint density at radius 1 is 1.16 bits per heavy atom. The maximum Gasteiger partial charge on any atom is 0.231 e. The predicted molar refractivity (Wildman–Crippen MR) is 126 cm³/mol. The smallest absolute Gasteiger partial charge is 0.231 e. The van der Waals surface area contributed by atoms with Gasteiger partial charge in [-0.2, -0.15) is 5.10 Å². The molecule has 0 saturated carbocycles. The summed E-state index contributed by atoms with van der Waals surface area (Å²) in [5.74, 6) is 0.118. The van der Waals surface area contributed by atoms with Gasteiger partial charge in [0.2, 0.25) is 5.91 Å². The lowest BCUT2D eigenvalue weighted by molar-refractivity contribution is -0.118. The van der Waals surface area contributed by atoms with E-state index in [1.807, 2.05) is 40.0 Å². The third kappa shape index (κ3) is 4.05. The van der Waals surface area contributed by atoms with Gasteiger partial charge in [-0.05, 0) is 68.2 Å². The highest BCUT2D eigenvalue weighted by Crippen LogP contribution is 2.48. The van der Waals surface area contributed by atoms with Crippen molar-refractivity contribution in [2.75, 3.05) is 24.5 Å². The topological polar surface area (TPSA) is 54.3 Å². The standard InChI is InChI=1S/C25H28ClN5O/c1-2-30-17-20(15-28-30)16-29-10-7-25(8-11-29)18-31(23-6-5-21(26)13-22(23)25)24(32)12-19-4-3-9-27-14-19/h3-6,9,13-15,17H,2,7-8,10-12,16,18H2,1H3. The van der Waals surface area contributed by atoms with Crippen molar-refractivity contribution in [3.05, 3.63) is 76.8 Å². The van der Waals surface area contributed by atoms with Crippen molar-refractivity contribution in [1.29, 1.82) is 0 Å². The SMILES string of the molecule is CCn1cc(CN2CCC3(CC2)CN(C(=O)Cc2cccnc2)c2ccc(Cl)cc23)cn1. The van der Waals surface area contributed by atoms with Gasteiger partial charge in [0, 0.05) is 59.9 Å². The maximum absolute atomic E-state index is 13.3. The van der Waals surface area contributed by atoms with Gasteiger partial charge in [-0.1, -0.05) is 17.7 Å². The molecule has 1 spiro atoms. The average Bonchev–Trinajstić information content (AvgIpc) is 3.39. The zero-order valence-corrected chi connectivity index (χ0v) is 19.1. The van der Waals surface area contributed by atoms with Crippen molar-refractivity contribution >= 4 is 23.2 Å². The van der Waals surface area contributed by atoms with Gasteiger partial charge in [-0.15, -0.1) is 0 Å². The first-order chi connectivity index (χ1) is 15.6. The number of likely N-dealkylation sites (tertiary alicyclic amines) is 1. The Morgan fingerprint density at radius 2 is 2.00 bits per heavy atom. The van der Waals surface area contributed by atoms with Crippen LogP contribution in [0.2, 0.25) is 5.02 Å². The zero-order chi connectivity index (χ0) is 22.1.